The number of aryl methyl sites for hydroxylation is 2. The summed E-state index contributed by atoms with van der Waals surface area (Å²) in [5.41, 5.74) is 4.07. The molecule has 0 aliphatic carbocycles. The highest BCUT2D eigenvalue weighted by Gasteiger charge is 2.49. The second kappa shape index (κ2) is 10.1. The first-order chi connectivity index (χ1) is 16.9. The first-order valence-electron chi connectivity index (χ1n) is 12.7. The fourth-order valence-corrected chi connectivity index (χ4v) is 6.44. The maximum absolute atomic E-state index is 13.5. The number of rotatable bonds is 7. The second-order valence-corrected chi connectivity index (χ2v) is 12.5. The van der Waals surface area contributed by atoms with Crippen LogP contribution in [-0.4, -0.2) is 32.7 Å². The number of ketones is 1. The van der Waals surface area contributed by atoms with Crippen LogP contribution >= 0.6 is 11.8 Å². The first kappa shape index (κ1) is 26.5. The number of benzene rings is 2. The highest BCUT2D eigenvalue weighted by molar-refractivity contribution is 8.01. The number of thioether (sulfide) groups is 1. The summed E-state index contributed by atoms with van der Waals surface area (Å²) in [6.07, 6.45) is 3.47. The summed E-state index contributed by atoms with van der Waals surface area (Å²) < 4.78 is 6.18. The third kappa shape index (κ3) is 5.12. The van der Waals surface area contributed by atoms with Crippen molar-refractivity contribution in [2.24, 2.45) is 5.92 Å². The van der Waals surface area contributed by atoms with Crippen molar-refractivity contribution in [3.8, 4) is 0 Å². The van der Waals surface area contributed by atoms with Crippen LogP contribution in [0, 0.1) is 12.8 Å². The molecule has 0 bridgehead atoms. The van der Waals surface area contributed by atoms with Crippen molar-refractivity contribution in [2.45, 2.75) is 88.6 Å². The number of cyclic esters (lactones) is 1. The molecule has 0 radical (unpaired) electrons. The highest BCUT2D eigenvalue weighted by Crippen LogP contribution is 2.43. The van der Waals surface area contributed by atoms with E-state index < -0.39 is 16.8 Å². The highest BCUT2D eigenvalue weighted by atomic mass is 32.2. The summed E-state index contributed by atoms with van der Waals surface area (Å²) >= 11 is 1.29. The molecule has 2 aromatic carbocycles. The Kier molecular flexibility index (Phi) is 7.40. The number of H-pyrrole nitrogens is 1. The number of aliphatic hydroxyl groups excluding tert-OH is 1. The molecule has 192 valence electrons. The number of aromatic nitrogens is 1. The number of aliphatic hydroxyl groups is 1. The van der Waals surface area contributed by atoms with E-state index in [-0.39, 0.29) is 30.1 Å². The summed E-state index contributed by atoms with van der Waals surface area (Å²) in [7, 11) is 0. The largest absolute Gasteiger partial charge is 0.457 e. The van der Waals surface area contributed by atoms with Crippen molar-refractivity contribution in [3.63, 3.8) is 0 Å². The molecule has 1 saturated heterocycles. The van der Waals surface area contributed by atoms with Gasteiger partial charge in [-0.15, -0.1) is 11.8 Å². The average molecular weight is 508 g/mol. The Balaban J connectivity index is 1.58. The van der Waals surface area contributed by atoms with Crippen molar-refractivity contribution < 1.29 is 19.4 Å². The van der Waals surface area contributed by atoms with Gasteiger partial charge in [0.2, 0.25) is 0 Å². The van der Waals surface area contributed by atoms with Crippen LogP contribution in [0.25, 0.3) is 10.9 Å². The number of carbonyl (C=O) groups excluding carboxylic acids is 2. The van der Waals surface area contributed by atoms with Crippen LogP contribution in [0.5, 0.6) is 0 Å². The Morgan fingerprint density at radius 2 is 1.92 bits per heavy atom. The lowest BCUT2D eigenvalue weighted by molar-refractivity contribution is -0.176. The summed E-state index contributed by atoms with van der Waals surface area (Å²) in [5, 5.41) is 10.0. The van der Waals surface area contributed by atoms with E-state index in [1.807, 2.05) is 51.2 Å². The van der Waals surface area contributed by atoms with E-state index in [4.69, 9.17) is 4.74 Å². The zero-order chi connectivity index (χ0) is 26.3. The predicted octanol–water partition coefficient (Wildman–Crippen LogP) is 6.27. The van der Waals surface area contributed by atoms with Gasteiger partial charge in [0.25, 0.3) is 0 Å². The smallest absolute Gasteiger partial charge is 0.327 e. The van der Waals surface area contributed by atoms with Gasteiger partial charge in [0.1, 0.15) is 5.60 Å². The molecule has 0 spiro atoms. The lowest BCUT2D eigenvalue weighted by Crippen LogP contribution is -2.52. The number of carbonyl (C=O) groups is 2. The van der Waals surface area contributed by atoms with Crippen molar-refractivity contribution in [1.82, 2.24) is 4.98 Å². The third-order valence-electron chi connectivity index (χ3n) is 7.50. The molecule has 1 aromatic heterocycles. The lowest BCUT2D eigenvalue weighted by atomic mass is 9.78. The molecule has 1 fully saturated rings. The van der Waals surface area contributed by atoms with Crippen molar-refractivity contribution in [2.75, 3.05) is 0 Å². The van der Waals surface area contributed by atoms with E-state index in [1.54, 1.807) is 0 Å². The Hall–Kier alpha value is -2.57. The normalized spacial score (nSPS) is 20.8. The molecule has 1 aliphatic rings. The summed E-state index contributed by atoms with van der Waals surface area (Å²) in [6.45, 7) is 12.2. The van der Waals surface area contributed by atoms with Crippen LogP contribution in [-0.2, 0) is 32.8 Å². The van der Waals surface area contributed by atoms with Crippen molar-refractivity contribution in [1.29, 1.82) is 0 Å². The molecule has 2 atom stereocenters. The average Bonchev–Trinajstić information content (AvgIpc) is 3.29. The summed E-state index contributed by atoms with van der Waals surface area (Å²) in [6, 6.07) is 12.2. The zero-order valence-electron chi connectivity index (χ0n) is 22.1. The lowest BCUT2D eigenvalue weighted by Gasteiger charge is -2.42. The molecule has 2 N–H and O–H groups in total. The van der Waals surface area contributed by atoms with Crippen molar-refractivity contribution in [3.05, 3.63) is 64.8 Å². The molecule has 6 heteroatoms. The molecule has 0 amide bonds. The van der Waals surface area contributed by atoms with Gasteiger partial charge in [-0.25, -0.2) is 0 Å². The van der Waals surface area contributed by atoms with E-state index >= 15 is 0 Å². The number of esters is 1. The van der Waals surface area contributed by atoms with Gasteiger partial charge in [-0.2, -0.15) is 0 Å². The molecule has 5 nitrogen and oxygen atoms in total. The Morgan fingerprint density at radius 1 is 1.17 bits per heavy atom. The number of hydrogen-bond acceptors (Lipinski definition) is 5. The second-order valence-electron chi connectivity index (χ2n) is 11.3. The van der Waals surface area contributed by atoms with Crippen LogP contribution < -0.4 is 0 Å². The van der Waals surface area contributed by atoms with Crippen LogP contribution in [0.4, 0.5) is 0 Å². The Labute approximate surface area is 218 Å². The van der Waals surface area contributed by atoms with Gasteiger partial charge in [-0.05, 0) is 71.6 Å². The van der Waals surface area contributed by atoms with Gasteiger partial charge >= 0.3 is 5.97 Å². The minimum absolute atomic E-state index is 0.0120. The fourth-order valence-electron chi connectivity index (χ4n) is 5.09. The quantitative estimate of drug-likeness (QED) is 0.291. The van der Waals surface area contributed by atoms with Crippen molar-refractivity contribution >= 4 is 34.4 Å². The summed E-state index contributed by atoms with van der Waals surface area (Å²) in [5.74, 6) is -0.514. The number of Topliss-reactive ketones (excluding diaryl/α,β-unsaturated/α-hetero) is 1. The maximum atomic E-state index is 13.5. The minimum atomic E-state index is -0.884. The van der Waals surface area contributed by atoms with E-state index in [0.717, 1.165) is 38.9 Å². The number of aromatic amines is 1. The molecule has 36 heavy (non-hydrogen) atoms. The van der Waals surface area contributed by atoms with E-state index in [0.29, 0.717) is 6.42 Å². The number of fused-ring (bicyclic) bond motifs is 1. The number of hydrogen-bond donors (Lipinski definition) is 2. The van der Waals surface area contributed by atoms with E-state index in [2.05, 4.69) is 37.9 Å². The molecular weight excluding hydrogens is 470 g/mol. The molecular formula is C30H37NO4S. The third-order valence-corrected chi connectivity index (χ3v) is 8.78. The Morgan fingerprint density at radius 3 is 2.56 bits per heavy atom. The molecule has 1 aliphatic heterocycles. The SMILES string of the molecule is Cc1cc(SC2C(=O)CC(CCc3cccc4[nH]ccc34)(C(C)C)OC2=O)c(C(C)(C)C)cc1CO. The van der Waals surface area contributed by atoms with Gasteiger partial charge in [0.15, 0.2) is 11.0 Å². The molecule has 2 unspecified atom stereocenters. The number of nitrogens with one attached hydrogen (secondary N) is 1. The van der Waals surface area contributed by atoms with E-state index in [1.165, 1.54) is 17.3 Å². The molecule has 3 aromatic rings. The predicted molar refractivity (Wildman–Crippen MR) is 145 cm³/mol. The van der Waals surface area contributed by atoms with Gasteiger partial charge in [-0.3, -0.25) is 9.59 Å². The fraction of sp³-hybridized carbons (Fsp3) is 0.467. The first-order valence-corrected chi connectivity index (χ1v) is 13.6. The van der Waals surface area contributed by atoms with E-state index in [9.17, 15) is 14.7 Å². The molecule has 0 saturated carbocycles. The molecule has 4 rings (SSSR count). The maximum Gasteiger partial charge on any atom is 0.327 e. The van der Waals surface area contributed by atoms with Gasteiger partial charge in [-0.1, -0.05) is 52.8 Å². The monoisotopic (exact) mass is 507 g/mol. The summed E-state index contributed by atoms with van der Waals surface area (Å²) in [4.78, 5) is 31.0. The standard InChI is InChI=1S/C30H37NO4S/c1-18(2)30(12-10-20-8-7-9-24-22(20)11-13-31-24)16-25(33)27(28(34)35-30)36-26-14-19(3)21(17-32)15-23(26)29(4,5)6/h7-9,11,13-15,18,27,31-32H,10,12,16-17H2,1-6H3. The van der Waals surface area contributed by atoms with Crippen LogP contribution in [0.2, 0.25) is 0 Å². The van der Waals surface area contributed by atoms with Gasteiger partial charge in [0.05, 0.1) is 6.61 Å². The topological polar surface area (TPSA) is 79.4 Å². The molecule has 2 heterocycles. The number of ether oxygens (including phenoxy) is 1. The Bertz CT molecular complexity index is 1270. The minimum Gasteiger partial charge on any atom is -0.457 e. The van der Waals surface area contributed by atoms with Crippen LogP contribution in [0.15, 0.2) is 47.5 Å². The van der Waals surface area contributed by atoms with Gasteiger partial charge < -0.3 is 14.8 Å². The van der Waals surface area contributed by atoms with Crippen LogP contribution in [0.1, 0.15) is 69.7 Å². The van der Waals surface area contributed by atoms with Crippen LogP contribution in [0.3, 0.4) is 0 Å². The van der Waals surface area contributed by atoms with Gasteiger partial charge in [0, 0.05) is 28.4 Å². The zero-order valence-corrected chi connectivity index (χ0v) is 22.9.